The SMILES string of the molecule is NC(=O)CCn1c(SCC(=O)NC(=O)Nc2ccc3c(c2)OCO3)nnc1C1CC1. The standard InChI is InChI=1S/C18H20N6O5S/c19-14(25)5-6-24-16(10-1-2-10)22-23-18(24)30-8-15(26)21-17(27)20-11-3-4-12-13(7-11)29-9-28-12/h3-4,7,10H,1-2,5-6,8-9H2,(H2,19,25)(H2,20,21,26,27). The number of ether oxygens (including phenoxy) is 2. The molecule has 30 heavy (non-hydrogen) atoms. The van der Waals surface area contributed by atoms with Crippen molar-refractivity contribution in [2.45, 2.75) is 36.9 Å². The predicted molar refractivity (Wildman–Crippen MR) is 106 cm³/mol. The maximum atomic E-state index is 12.2. The predicted octanol–water partition coefficient (Wildman–Crippen LogP) is 1.20. The first-order valence-electron chi connectivity index (χ1n) is 9.34. The van der Waals surface area contributed by atoms with Crippen molar-refractivity contribution in [2.75, 3.05) is 17.9 Å². The van der Waals surface area contributed by atoms with Crippen molar-refractivity contribution in [1.82, 2.24) is 20.1 Å². The van der Waals surface area contributed by atoms with Gasteiger partial charge < -0.3 is 25.1 Å². The molecule has 1 aromatic heterocycles. The maximum absolute atomic E-state index is 12.2. The highest BCUT2D eigenvalue weighted by Crippen LogP contribution is 2.40. The molecular formula is C18H20N6O5S. The van der Waals surface area contributed by atoms with Crippen molar-refractivity contribution in [2.24, 2.45) is 5.73 Å². The molecule has 4 amide bonds. The molecule has 1 aliphatic carbocycles. The van der Waals surface area contributed by atoms with Crippen LogP contribution in [0.3, 0.4) is 0 Å². The lowest BCUT2D eigenvalue weighted by molar-refractivity contribution is -0.118. The summed E-state index contributed by atoms with van der Waals surface area (Å²) < 4.78 is 12.3. The lowest BCUT2D eigenvalue weighted by Crippen LogP contribution is -2.35. The fourth-order valence-corrected chi connectivity index (χ4v) is 3.68. The molecule has 12 heteroatoms. The second-order valence-corrected chi connectivity index (χ2v) is 7.78. The first kappa shape index (κ1) is 20.0. The number of nitrogens with one attached hydrogen (secondary N) is 2. The number of rotatable bonds is 8. The molecule has 1 saturated carbocycles. The molecule has 0 spiro atoms. The smallest absolute Gasteiger partial charge is 0.325 e. The third-order valence-corrected chi connectivity index (χ3v) is 5.45. The molecule has 0 atom stereocenters. The van der Waals surface area contributed by atoms with E-state index in [2.05, 4.69) is 20.8 Å². The van der Waals surface area contributed by atoms with Crippen molar-refractivity contribution >= 4 is 35.3 Å². The van der Waals surface area contributed by atoms with E-state index in [0.29, 0.717) is 34.8 Å². The van der Waals surface area contributed by atoms with Crippen LogP contribution >= 0.6 is 11.8 Å². The number of thioether (sulfide) groups is 1. The Hall–Kier alpha value is -3.28. The second-order valence-electron chi connectivity index (χ2n) is 6.84. The highest BCUT2D eigenvalue weighted by molar-refractivity contribution is 7.99. The van der Waals surface area contributed by atoms with E-state index in [1.807, 2.05) is 4.57 Å². The van der Waals surface area contributed by atoms with E-state index < -0.39 is 17.8 Å². The lowest BCUT2D eigenvalue weighted by atomic mass is 10.3. The second kappa shape index (κ2) is 8.61. The number of aromatic nitrogens is 3. The van der Waals surface area contributed by atoms with E-state index in [4.69, 9.17) is 15.2 Å². The number of anilines is 1. The Labute approximate surface area is 175 Å². The summed E-state index contributed by atoms with van der Waals surface area (Å²) in [6.45, 7) is 0.496. The van der Waals surface area contributed by atoms with Crippen molar-refractivity contribution in [3.8, 4) is 11.5 Å². The molecule has 1 aromatic carbocycles. The van der Waals surface area contributed by atoms with Gasteiger partial charge in [-0.15, -0.1) is 10.2 Å². The van der Waals surface area contributed by atoms with Gasteiger partial charge in [0.2, 0.25) is 18.6 Å². The fourth-order valence-electron chi connectivity index (χ4n) is 2.91. The number of benzene rings is 1. The Kier molecular flexibility index (Phi) is 5.74. The van der Waals surface area contributed by atoms with Gasteiger partial charge in [0.15, 0.2) is 16.7 Å². The van der Waals surface area contributed by atoms with Gasteiger partial charge in [0, 0.05) is 30.6 Å². The number of primary amides is 1. The van der Waals surface area contributed by atoms with Gasteiger partial charge in [-0.05, 0) is 25.0 Å². The number of nitrogens with two attached hydrogens (primary N) is 1. The van der Waals surface area contributed by atoms with Crippen LogP contribution in [0.25, 0.3) is 0 Å². The Morgan fingerprint density at radius 1 is 1.20 bits per heavy atom. The number of nitrogens with zero attached hydrogens (tertiary/aromatic N) is 3. The van der Waals surface area contributed by atoms with Gasteiger partial charge in [-0.3, -0.25) is 14.9 Å². The van der Waals surface area contributed by atoms with E-state index in [1.165, 1.54) is 0 Å². The summed E-state index contributed by atoms with van der Waals surface area (Å²) >= 11 is 1.15. The zero-order valence-electron chi connectivity index (χ0n) is 15.9. The van der Waals surface area contributed by atoms with E-state index >= 15 is 0 Å². The quantitative estimate of drug-likeness (QED) is 0.527. The van der Waals surface area contributed by atoms with Crippen LogP contribution < -0.4 is 25.8 Å². The Bertz CT molecular complexity index is 989. The third kappa shape index (κ3) is 4.82. The number of amides is 4. The molecule has 4 rings (SSSR count). The van der Waals surface area contributed by atoms with Crippen LogP contribution in [0.15, 0.2) is 23.4 Å². The first-order valence-corrected chi connectivity index (χ1v) is 10.3. The van der Waals surface area contributed by atoms with Crippen molar-refractivity contribution in [3.63, 3.8) is 0 Å². The van der Waals surface area contributed by atoms with Crippen LogP contribution in [-0.4, -0.2) is 45.2 Å². The molecule has 0 radical (unpaired) electrons. The van der Waals surface area contributed by atoms with Gasteiger partial charge in [0.05, 0.1) is 5.75 Å². The summed E-state index contributed by atoms with van der Waals surface area (Å²) in [4.78, 5) is 35.4. The molecule has 0 bridgehead atoms. The summed E-state index contributed by atoms with van der Waals surface area (Å²) in [7, 11) is 0. The number of hydrogen-bond acceptors (Lipinski definition) is 8. The van der Waals surface area contributed by atoms with E-state index in [-0.39, 0.29) is 19.0 Å². The lowest BCUT2D eigenvalue weighted by Gasteiger charge is -2.09. The summed E-state index contributed by atoms with van der Waals surface area (Å²) in [6.07, 6.45) is 2.22. The number of carbonyl (C=O) groups is 3. The Morgan fingerprint density at radius 3 is 2.77 bits per heavy atom. The third-order valence-electron chi connectivity index (χ3n) is 4.49. The van der Waals surface area contributed by atoms with Crippen LogP contribution in [-0.2, 0) is 16.1 Å². The van der Waals surface area contributed by atoms with Gasteiger partial charge in [0.1, 0.15) is 5.82 Å². The van der Waals surface area contributed by atoms with Gasteiger partial charge in [0.25, 0.3) is 0 Å². The summed E-state index contributed by atoms with van der Waals surface area (Å²) in [5, 5.41) is 13.7. The van der Waals surface area contributed by atoms with E-state index in [1.54, 1.807) is 18.2 Å². The van der Waals surface area contributed by atoms with E-state index in [0.717, 1.165) is 30.4 Å². The van der Waals surface area contributed by atoms with Crippen molar-refractivity contribution in [1.29, 1.82) is 0 Å². The van der Waals surface area contributed by atoms with Gasteiger partial charge in [-0.1, -0.05) is 11.8 Å². The minimum Gasteiger partial charge on any atom is -0.454 e. The van der Waals surface area contributed by atoms with Crippen LogP contribution in [0.2, 0.25) is 0 Å². The van der Waals surface area contributed by atoms with Crippen LogP contribution in [0.1, 0.15) is 31.0 Å². The largest absolute Gasteiger partial charge is 0.454 e. The molecule has 0 unspecified atom stereocenters. The summed E-state index contributed by atoms with van der Waals surface area (Å²) in [6, 6.07) is 4.27. The summed E-state index contributed by atoms with van der Waals surface area (Å²) in [5.74, 6) is 1.32. The number of hydrogen-bond donors (Lipinski definition) is 3. The molecule has 1 aliphatic heterocycles. The topological polar surface area (TPSA) is 150 Å². The number of urea groups is 1. The molecule has 2 aliphatic rings. The number of fused-ring (bicyclic) bond motifs is 1. The zero-order valence-corrected chi connectivity index (χ0v) is 16.7. The van der Waals surface area contributed by atoms with E-state index in [9.17, 15) is 14.4 Å². The fraction of sp³-hybridized carbons (Fsp3) is 0.389. The highest BCUT2D eigenvalue weighted by Gasteiger charge is 2.30. The molecule has 2 aromatic rings. The average Bonchev–Trinajstić information content (AvgIpc) is 3.29. The molecule has 0 saturated heterocycles. The Balaban J connectivity index is 1.30. The molecule has 2 heterocycles. The average molecular weight is 432 g/mol. The first-order chi connectivity index (χ1) is 14.5. The van der Waals surface area contributed by atoms with Crippen molar-refractivity contribution in [3.05, 3.63) is 24.0 Å². The minimum absolute atomic E-state index is 0.0338. The van der Waals surface area contributed by atoms with Crippen LogP contribution in [0, 0.1) is 0 Å². The maximum Gasteiger partial charge on any atom is 0.325 e. The molecule has 158 valence electrons. The molecular weight excluding hydrogens is 412 g/mol. The Morgan fingerprint density at radius 2 is 2.00 bits per heavy atom. The monoisotopic (exact) mass is 432 g/mol. The molecule has 11 nitrogen and oxygen atoms in total. The highest BCUT2D eigenvalue weighted by atomic mass is 32.2. The van der Waals surface area contributed by atoms with Gasteiger partial charge in [-0.25, -0.2) is 4.79 Å². The normalized spacial score (nSPS) is 14.4. The van der Waals surface area contributed by atoms with Crippen LogP contribution in [0.4, 0.5) is 10.5 Å². The number of imide groups is 1. The zero-order chi connectivity index (χ0) is 21.1. The van der Waals surface area contributed by atoms with Gasteiger partial charge >= 0.3 is 6.03 Å². The van der Waals surface area contributed by atoms with Crippen molar-refractivity contribution < 1.29 is 23.9 Å². The minimum atomic E-state index is -0.659. The summed E-state index contributed by atoms with van der Waals surface area (Å²) in [5.41, 5.74) is 5.72. The van der Waals surface area contributed by atoms with Crippen LogP contribution in [0.5, 0.6) is 11.5 Å². The van der Waals surface area contributed by atoms with Gasteiger partial charge in [-0.2, -0.15) is 0 Å². The molecule has 4 N–H and O–H groups in total. The molecule has 1 fully saturated rings. The number of carbonyl (C=O) groups excluding carboxylic acids is 3.